The Hall–Kier alpha value is -4.27. The molecule has 5 rings (SSSR count). The summed E-state index contributed by atoms with van der Waals surface area (Å²) in [5.74, 6) is -0.902. The van der Waals surface area contributed by atoms with Crippen LogP contribution in [-0.4, -0.2) is 47.4 Å². The maximum Gasteiger partial charge on any atom is 0.259 e. The maximum atomic E-state index is 13.6. The third kappa shape index (κ3) is 3.67. The molecule has 2 aliphatic rings. The lowest BCUT2D eigenvalue weighted by molar-refractivity contribution is -0.139. The number of carbonyl (C=O) groups excluding carboxylic acids is 3. The molecule has 0 aliphatic carbocycles. The molecule has 1 atom stereocenters. The smallest absolute Gasteiger partial charge is 0.259 e. The average molecular weight is 489 g/mol. The molecule has 0 spiro atoms. The van der Waals surface area contributed by atoms with Crippen LogP contribution in [0.3, 0.4) is 0 Å². The lowest BCUT2D eigenvalue weighted by atomic mass is 9.84. The molecule has 2 aliphatic heterocycles. The molecule has 1 aromatic heterocycles. The van der Waals surface area contributed by atoms with Gasteiger partial charge in [-0.05, 0) is 49.2 Å². The Kier molecular flexibility index (Phi) is 5.70. The van der Waals surface area contributed by atoms with E-state index in [0.717, 1.165) is 27.7 Å². The number of primary amides is 1. The van der Waals surface area contributed by atoms with E-state index in [2.05, 4.69) is 36.0 Å². The number of nitrogens with two attached hydrogens (primary N) is 1. The number of amides is 3. The average Bonchev–Trinajstić information content (AvgIpc) is 3.33. The third-order valence-electron chi connectivity index (χ3n) is 6.72. The maximum absolute atomic E-state index is 13.6. The summed E-state index contributed by atoms with van der Waals surface area (Å²) in [6, 6.07) is 11.6. The highest BCUT2D eigenvalue weighted by Crippen LogP contribution is 2.48. The van der Waals surface area contributed by atoms with Gasteiger partial charge in [-0.1, -0.05) is 12.1 Å². The fourth-order valence-electron chi connectivity index (χ4n) is 5.14. The Labute approximate surface area is 208 Å². The van der Waals surface area contributed by atoms with Gasteiger partial charge in [-0.15, -0.1) is 0 Å². The highest BCUT2D eigenvalue weighted by atomic mass is 16.5. The molecule has 186 valence electrons. The van der Waals surface area contributed by atoms with Crippen LogP contribution in [0.2, 0.25) is 0 Å². The van der Waals surface area contributed by atoms with Crippen molar-refractivity contribution < 1.29 is 23.9 Å². The molecule has 9 heteroatoms. The van der Waals surface area contributed by atoms with Crippen LogP contribution in [0, 0.1) is 0 Å². The number of nitrogens with one attached hydrogen (secondary N) is 1. The van der Waals surface area contributed by atoms with Crippen molar-refractivity contribution >= 4 is 34.3 Å². The van der Waals surface area contributed by atoms with E-state index in [1.807, 2.05) is 24.3 Å². The number of nitrogens with zero attached hydrogens (tertiary/aromatic N) is 2. The molecule has 0 saturated heterocycles. The normalized spacial score (nSPS) is 16.8. The van der Waals surface area contributed by atoms with E-state index in [1.165, 1.54) is 18.9 Å². The first-order valence-corrected chi connectivity index (χ1v) is 11.8. The molecule has 0 fully saturated rings. The van der Waals surface area contributed by atoms with Gasteiger partial charge < -0.3 is 25.1 Å². The number of ether oxygens (including phenoxy) is 2. The van der Waals surface area contributed by atoms with E-state index < -0.39 is 11.8 Å². The first-order valence-electron chi connectivity index (χ1n) is 11.8. The number of hydrogen-bond donors (Lipinski definition) is 2. The van der Waals surface area contributed by atoms with Gasteiger partial charge in [0.05, 0.1) is 24.7 Å². The lowest BCUT2D eigenvalue weighted by Gasteiger charge is -2.21. The van der Waals surface area contributed by atoms with Crippen molar-refractivity contribution in [1.29, 1.82) is 0 Å². The highest BCUT2D eigenvalue weighted by molar-refractivity contribution is 6.11. The second-order valence-corrected chi connectivity index (χ2v) is 9.31. The molecule has 3 N–H and O–H groups in total. The van der Waals surface area contributed by atoms with Gasteiger partial charge in [0.15, 0.2) is 18.1 Å². The van der Waals surface area contributed by atoms with Crippen LogP contribution in [0.15, 0.2) is 53.9 Å². The second kappa shape index (κ2) is 8.75. The van der Waals surface area contributed by atoms with Crippen molar-refractivity contribution in [3.05, 3.63) is 65.0 Å². The van der Waals surface area contributed by atoms with Crippen molar-refractivity contribution in [2.75, 3.05) is 25.6 Å². The Morgan fingerprint density at radius 3 is 2.64 bits per heavy atom. The first-order chi connectivity index (χ1) is 17.2. The topological polar surface area (TPSA) is 116 Å². The van der Waals surface area contributed by atoms with Crippen LogP contribution in [0.25, 0.3) is 10.9 Å². The summed E-state index contributed by atoms with van der Waals surface area (Å²) in [6.45, 7) is 5.52. The molecule has 3 amide bonds. The minimum absolute atomic E-state index is 0.182. The summed E-state index contributed by atoms with van der Waals surface area (Å²) in [5, 5.41) is 4.50. The summed E-state index contributed by atoms with van der Waals surface area (Å²) in [6.07, 6.45) is 2.09. The van der Waals surface area contributed by atoms with Crippen LogP contribution in [0.1, 0.15) is 43.9 Å². The first kappa shape index (κ1) is 23.5. The molecular formula is C27H28N4O5. The van der Waals surface area contributed by atoms with Crippen LogP contribution >= 0.6 is 0 Å². The van der Waals surface area contributed by atoms with Gasteiger partial charge in [-0.3, -0.25) is 19.3 Å². The zero-order valence-corrected chi connectivity index (χ0v) is 20.6. The van der Waals surface area contributed by atoms with Crippen LogP contribution in [0.5, 0.6) is 11.5 Å². The van der Waals surface area contributed by atoms with E-state index in [0.29, 0.717) is 22.8 Å². The molecular weight excluding hydrogens is 460 g/mol. The number of aromatic nitrogens is 1. The number of methoxy groups -OCH3 is 1. The van der Waals surface area contributed by atoms with Crippen LogP contribution in [0.4, 0.5) is 5.69 Å². The zero-order valence-electron chi connectivity index (χ0n) is 20.6. The summed E-state index contributed by atoms with van der Waals surface area (Å²) < 4.78 is 13.3. The van der Waals surface area contributed by atoms with Gasteiger partial charge >= 0.3 is 0 Å². The summed E-state index contributed by atoms with van der Waals surface area (Å²) >= 11 is 0. The molecule has 3 aromatic rings. The molecule has 1 unspecified atom stereocenters. The number of carbonyl (C=O) groups is 3. The minimum atomic E-state index is -0.597. The fraction of sp³-hybridized carbons (Fsp3) is 0.296. The standard InChI is InChI=1S/C27H28N4O5/c1-14(2)30-11-17-24(16-8-9-21(22(10-16)35-4)36-13-23(28)33)26-19(12-31(15(3)32)27(26)34)29-18-6-5-7-20(30)25(17)18/h5-11,14,24,29H,12-13H2,1-4H3,(H2,28,33). The summed E-state index contributed by atoms with van der Waals surface area (Å²) in [7, 11) is 1.51. The van der Waals surface area contributed by atoms with Crippen molar-refractivity contribution in [3.8, 4) is 11.5 Å². The number of hydrogen-bond acceptors (Lipinski definition) is 6. The van der Waals surface area contributed by atoms with Gasteiger partial charge in [-0.25, -0.2) is 0 Å². The van der Waals surface area contributed by atoms with Gasteiger partial charge in [0.25, 0.3) is 11.8 Å². The molecule has 0 bridgehead atoms. The van der Waals surface area contributed by atoms with E-state index in [-0.39, 0.29) is 31.0 Å². The number of rotatable bonds is 6. The Morgan fingerprint density at radius 1 is 1.19 bits per heavy atom. The molecule has 0 radical (unpaired) electrons. The Morgan fingerprint density at radius 2 is 1.97 bits per heavy atom. The highest BCUT2D eigenvalue weighted by Gasteiger charge is 2.42. The Balaban J connectivity index is 1.74. The molecule has 9 nitrogen and oxygen atoms in total. The molecule has 3 heterocycles. The third-order valence-corrected chi connectivity index (χ3v) is 6.72. The fourth-order valence-corrected chi connectivity index (χ4v) is 5.14. The van der Waals surface area contributed by atoms with Crippen molar-refractivity contribution in [3.63, 3.8) is 0 Å². The van der Waals surface area contributed by atoms with Crippen molar-refractivity contribution in [1.82, 2.24) is 9.47 Å². The molecule has 2 aromatic carbocycles. The molecule has 36 heavy (non-hydrogen) atoms. The predicted molar refractivity (Wildman–Crippen MR) is 135 cm³/mol. The lowest BCUT2D eigenvalue weighted by Crippen LogP contribution is -2.33. The SMILES string of the molecule is COc1cc(C2C3=C(CN(C(C)=O)C3=O)Nc3cccc4c3c2cn4C(C)C)ccc1OCC(N)=O. The van der Waals surface area contributed by atoms with Crippen LogP contribution < -0.4 is 20.5 Å². The van der Waals surface area contributed by atoms with Crippen LogP contribution in [-0.2, 0) is 14.4 Å². The minimum Gasteiger partial charge on any atom is -0.493 e. The number of imide groups is 1. The number of anilines is 1. The quantitative estimate of drug-likeness (QED) is 0.550. The largest absolute Gasteiger partial charge is 0.493 e. The van der Waals surface area contributed by atoms with E-state index in [1.54, 1.807) is 6.07 Å². The predicted octanol–water partition coefficient (Wildman–Crippen LogP) is 3.30. The van der Waals surface area contributed by atoms with Crippen molar-refractivity contribution in [2.45, 2.75) is 32.7 Å². The van der Waals surface area contributed by atoms with E-state index in [4.69, 9.17) is 15.2 Å². The van der Waals surface area contributed by atoms with Gasteiger partial charge in [0, 0.05) is 41.9 Å². The van der Waals surface area contributed by atoms with Crippen molar-refractivity contribution in [2.24, 2.45) is 5.73 Å². The second-order valence-electron chi connectivity index (χ2n) is 9.31. The number of benzene rings is 2. The summed E-state index contributed by atoms with van der Waals surface area (Å²) in [4.78, 5) is 38.4. The van der Waals surface area contributed by atoms with E-state index in [9.17, 15) is 14.4 Å². The Bertz CT molecular complexity index is 1450. The van der Waals surface area contributed by atoms with E-state index >= 15 is 0 Å². The molecule has 0 saturated carbocycles. The zero-order chi connectivity index (χ0) is 25.7. The van der Waals surface area contributed by atoms with Gasteiger partial charge in [0.1, 0.15) is 0 Å². The van der Waals surface area contributed by atoms with Gasteiger partial charge in [-0.2, -0.15) is 0 Å². The monoisotopic (exact) mass is 488 g/mol. The summed E-state index contributed by atoms with van der Waals surface area (Å²) in [5.41, 5.74) is 10.2. The van der Waals surface area contributed by atoms with Gasteiger partial charge in [0.2, 0.25) is 5.91 Å².